The number of carbonyl (C=O) groups is 2. The lowest BCUT2D eigenvalue weighted by Crippen LogP contribution is -2.49. The minimum Gasteiger partial charge on any atom is -0.352 e. The summed E-state index contributed by atoms with van der Waals surface area (Å²) in [6.45, 7) is 1.01. The Bertz CT molecular complexity index is 701. The minimum atomic E-state index is -4.36. The van der Waals surface area contributed by atoms with Gasteiger partial charge in [-0.15, -0.1) is 0 Å². The first-order valence-electron chi connectivity index (χ1n) is 10.6. The van der Waals surface area contributed by atoms with Crippen LogP contribution < -0.4 is 5.32 Å². The van der Waals surface area contributed by atoms with Crippen LogP contribution in [-0.4, -0.2) is 29.3 Å². The molecule has 7 heteroatoms. The minimum absolute atomic E-state index is 0.150. The van der Waals surface area contributed by atoms with Crippen LogP contribution >= 0.6 is 0 Å². The highest BCUT2D eigenvalue weighted by atomic mass is 19.4. The molecule has 1 aromatic carbocycles. The number of amides is 2. The fourth-order valence-corrected chi connectivity index (χ4v) is 4.58. The molecule has 1 aromatic rings. The molecule has 1 aliphatic carbocycles. The molecule has 2 atom stereocenters. The van der Waals surface area contributed by atoms with E-state index in [-0.39, 0.29) is 24.8 Å². The first-order valence-corrected chi connectivity index (χ1v) is 10.6. The molecule has 0 spiro atoms. The van der Waals surface area contributed by atoms with E-state index in [1.54, 1.807) is 0 Å². The summed E-state index contributed by atoms with van der Waals surface area (Å²) < 4.78 is 37.7. The zero-order chi connectivity index (χ0) is 20.9. The lowest BCUT2D eigenvalue weighted by molar-refractivity contribution is -0.138. The van der Waals surface area contributed by atoms with E-state index in [2.05, 4.69) is 5.32 Å². The number of benzene rings is 1. The number of nitrogens with zero attached hydrogens (tertiary/aromatic N) is 1. The van der Waals surface area contributed by atoms with E-state index in [1.165, 1.54) is 37.8 Å². The van der Waals surface area contributed by atoms with Crippen molar-refractivity contribution in [3.8, 4) is 0 Å². The number of halogens is 3. The first-order chi connectivity index (χ1) is 13.8. The van der Waals surface area contributed by atoms with Gasteiger partial charge in [0, 0.05) is 32.0 Å². The van der Waals surface area contributed by atoms with Crippen molar-refractivity contribution in [3.63, 3.8) is 0 Å². The predicted molar refractivity (Wildman–Crippen MR) is 104 cm³/mol. The smallest absolute Gasteiger partial charge is 0.352 e. The Hall–Kier alpha value is -2.05. The summed E-state index contributed by atoms with van der Waals surface area (Å²) in [7, 11) is 0. The summed E-state index contributed by atoms with van der Waals surface area (Å²) in [5.41, 5.74) is -0.0944. The molecule has 0 bridgehead atoms. The molecule has 2 fully saturated rings. The van der Waals surface area contributed by atoms with E-state index in [1.807, 2.05) is 4.90 Å². The van der Waals surface area contributed by atoms with Crippen LogP contribution in [-0.2, 0) is 22.3 Å². The molecule has 1 N–H and O–H groups in total. The molecule has 2 unspecified atom stereocenters. The van der Waals surface area contributed by atoms with E-state index in [0.29, 0.717) is 30.4 Å². The van der Waals surface area contributed by atoms with Crippen LogP contribution in [0.4, 0.5) is 13.2 Å². The normalized spacial score (nSPS) is 22.1. The summed E-state index contributed by atoms with van der Waals surface area (Å²) in [6, 6.07) is 5.14. The second-order valence-electron chi connectivity index (χ2n) is 8.17. The summed E-state index contributed by atoms with van der Waals surface area (Å²) in [4.78, 5) is 26.7. The van der Waals surface area contributed by atoms with Gasteiger partial charge in [0.2, 0.25) is 11.8 Å². The van der Waals surface area contributed by atoms with E-state index in [9.17, 15) is 22.8 Å². The van der Waals surface area contributed by atoms with Crippen molar-refractivity contribution in [2.24, 2.45) is 5.92 Å². The molecule has 1 saturated carbocycles. The lowest BCUT2D eigenvalue weighted by Gasteiger charge is -2.44. The average Bonchev–Trinajstić information content (AvgIpc) is 2.71. The largest absolute Gasteiger partial charge is 0.416 e. The lowest BCUT2D eigenvalue weighted by atomic mass is 9.78. The SMILES string of the molecule is O=C(CCCC(=O)N1CCCC2CCCCC21)NCc1ccc(C(F)(F)F)cc1. The summed E-state index contributed by atoms with van der Waals surface area (Å²) in [5, 5.41) is 2.71. The summed E-state index contributed by atoms with van der Waals surface area (Å²) in [5.74, 6) is 0.609. The molecule has 3 rings (SSSR count). The van der Waals surface area contributed by atoms with E-state index >= 15 is 0 Å². The molecule has 4 nitrogen and oxygen atoms in total. The van der Waals surface area contributed by atoms with Crippen molar-refractivity contribution in [1.29, 1.82) is 0 Å². The highest BCUT2D eigenvalue weighted by molar-refractivity contribution is 5.79. The number of carbonyl (C=O) groups excluding carboxylic acids is 2. The fourth-order valence-electron chi connectivity index (χ4n) is 4.58. The second-order valence-corrected chi connectivity index (χ2v) is 8.17. The molecule has 1 aliphatic heterocycles. The van der Waals surface area contributed by atoms with Crippen molar-refractivity contribution >= 4 is 11.8 Å². The monoisotopic (exact) mass is 410 g/mol. The van der Waals surface area contributed by atoms with Crippen molar-refractivity contribution in [2.75, 3.05) is 6.54 Å². The molecular weight excluding hydrogens is 381 g/mol. The van der Waals surface area contributed by atoms with Crippen molar-refractivity contribution in [2.45, 2.75) is 76.6 Å². The molecule has 0 radical (unpaired) electrons. The average molecular weight is 410 g/mol. The van der Waals surface area contributed by atoms with Gasteiger partial charge in [-0.1, -0.05) is 25.0 Å². The molecule has 160 valence electrons. The van der Waals surface area contributed by atoms with Crippen LogP contribution in [0.5, 0.6) is 0 Å². The number of piperidine rings is 1. The Morgan fingerprint density at radius 2 is 1.69 bits per heavy atom. The molecule has 1 heterocycles. The molecule has 29 heavy (non-hydrogen) atoms. The molecule has 1 saturated heterocycles. The topological polar surface area (TPSA) is 49.4 Å². The van der Waals surface area contributed by atoms with Crippen LogP contribution in [0, 0.1) is 5.92 Å². The maximum atomic E-state index is 12.6. The summed E-state index contributed by atoms with van der Waals surface area (Å²) >= 11 is 0. The van der Waals surface area contributed by atoms with Crippen LogP contribution in [0.25, 0.3) is 0 Å². The Balaban J connectivity index is 1.38. The van der Waals surface area contributed by atoms with Gasteiger partial charge in [-0.25, -0.2) is 0 Å². The standard InChI is InChI=1S/C22H29F3N2O2/c23-22(24,25)18-12-10-16(11-13-18)15-26-20(28)8-3-9-21(29)27-14-4-6-17-5-1-2-7-19(17)27/h10-13,17,19H,1-9,14-15H2,(H,26,28). The Labute approximate surface area is 169 Å². The van der Waals surface area contributed by atoms with Crippen LogP contribution in [0.3, 0.4) is 0 Å². The van der Waals surface area contributed by atoms with Crippen molar-refractivity contribution < 1.29 is 22.8 Å². The van der Waals surface area contributed by atoms with Gasteiger partial charge in [0.25, 0.3) is 0 Å². The Kier molecular flexibility index (Phi) is 7.19. The molecule has 2 aliphatic rings. The van der Waals surface area contributed by atoms with Gasteiger partial charge in [0.15, 0.2) is 0 Å². The van der Waals surface area contributed by atoms with E-state index in [4.69, 9.17) is 0 Å². The van der Waals surface area contributed by atoms with Crippen LogP contribution in [0.15, 0.2) is 24.3 Å². The second kappa shape index (κ2) is 9.63. The Morgan fingerprint density at radius 1 is 1.00 bits per heavy atom. The quantitative estimate of drug-likeness (QED) is 0.741. The number of hydrogen-bond donors (Lipinski definition) is 1. The highest BCUT2D eigenvalue weighted by Gasteiger charge is 2.35. The van der Waals surface area contributed by atoms with Crippen LogP contribution in [0.1, 0.15) is 68.9 Å². The van der Waals surface area contributed by atoms with Gasteiger partial charge < -0.3 is 10.2 Å². The highest BCUT2D eigenvalue weighted by Crippen LogP contribution is 2.35. The zero-order valence-corrected chi connectivity index (χ0v) is 16.6. The maximum Gasteiger partial charge on any atom is 0.416 e. The number of nitrogens with one attached hydrogen (secondary N) is 1. The van der Waals surface area contributed by atoms with E-state index in [0.717, 1.165) is 31.5 Å². The number of rotatable bonds is 6. The summed E-state index contributed by atoms with van der Waals surface area (Å²) in [6.07, 6.45) is 3.82. The van der Waals surface area contributed by atoms with Gasteiger partial charge in [0.05, 0.1) is 5.56 Å². The number of fused-ring (bicyclic) bond motifs is 1. The third-order valence-corrected chi connectivity index (χ3v) is 6.13. The Morgan fingerprint density at radius 3 is 2.41 bits per heavy atom. The third kappa shape index (κ3) is 5.97. The van der Waals surface area contributed by atoms with Gasteiger partial charge in [0.1, 0.15) is 0 Å². The number of alkyl halides is 3. The van der Waals surface area contributed by atoms with Gasteiger partial charge in [-0.2, -0.15) is 13.2 Å². The van der Waals surface area contributed by atoms with Crippen LogP contribution in [0.2, 0.25) is 0 Å². The molecular formula is C22H29F3N2O2. The zero-order valence-electron chi connectivity index (χ0n) is 16.6. The van der Waals surface area contributed by atoms with Gasteiger partial charge in [-0.05, 0) is 55.7 Å². The molecule has 2 amide bonds. The predicted octanol–water partition coefficient (Wildman–Crippen LogP) is 4.67. The first kappa shape index (κ1) is 21.7. The van der Waals surface area contributed by atoms with E-state index < -0.39 is 11.7 Å². The molecule has 0 aromatic heterocycles. The van der Waals surface area contributed by atoms with Gasteiger partial charge in [-0.3, -0.25) is 9.59 Å². The maximum absolute atomic E-state index is 12.6. The fraction of sp³-hybridized carbons (Fsp3) is 0.636. The van der Waals surface area contributed by atoms with Gasteiger partial charge >= 0.3 is 6.18 Å². The number of hydrogen-bond acceptors (Lipinski definition) is 2. The third-order valence-electron chi connectivity index (χ3n) is 6.13. The van der Waals surface area contributed by atoms with Crippen molar-refractivity contribution in [3.05, 3.63) is 35.4 Å². The van der Waals surface area contributed by atoms with Crippen molar-refractivity contribution in [1.82, 2.24) is 10.2 Å². The number of likely N-dealkylation sites (tertiary alicyclic amines) is 1.